The normalized spacial score (nSPS) is 10.6. The molecule has 3 aromatic rings. The fourth-order valence-corrected chi connectivity index (χ4v) is 2.77. The number of methoxy groups -OCH3 is 2. The Hall–Kier alpha value is -4.00. The van der Waals surface area contributed by atoms with Crippen LogP contribution < -0.4 is 20.1 Å². The van der Waals surface area contributed by atoms with E-state index in [0.717, 1.165) is 5.56 Å². The standard InChI is InChI=1S/C23H22N2O5/c1-28-20-11-9-16(14-21(20)29-2)10-12-22(26)25-19-8-4-3-7-18(19)23(27)24-15-17-6-5-13-30-17/h3-14H,15H2,1-2H3,(H,24,27)(H,25,26). The quantitative estimate of drug-likeness (QED) is 0.554. The second-order valence-corrected chi connectivity index (χ2v) is 6.24. The van der Waals surface area contributed by atoms with Gasteiger partial charge in [0, 0.05) is 6.08 Å². The third-order valence-corrected chi connectivity index (χ3v) is 4.27. The minimum Gasteiger partial charge on any atom is -0.493 e. The van der Waals surface area contributed by atoms with Crippen molar-refractivity contribution in [2.75, 3.05) is 19.5 Å². The monoisotopic (exact) mass is 406 g/mol. The highest BCUT2D eigenvalue weighted by atomic mass is 16.5. The molecule has 2 amide bonds. The molecule has 0 spiro atoms. The molecule has 1 heterocycles. The molecule has 2 N–H and O–H groups in total. The van der Waals surface area contributed by atoms with Crippen molar-refractivity contribution in [1.29, 1.82) is 0 Å². The lowest BCUT2D eigenvalue weighted by atomic mass is 10.1. The van der Waals surface area contributed by atoms with Crippen LogP contribution in [0.15, 0.2) is 71.4 Å². The first-order valence-electron chi connectivity index (χ1n) is 9.21. The number of hydrogen-bond donors (Lipinski definition) is 2. The summed E-state index contributed by atoms with van der Waals surface area (Å²) in [5.41, 5.74) is 1.54. The van der Waals surface area contributed by atoms with E-state index in [1.165, 1.54) is 6.08 Å². The van der Waals surface area contributed by atoms with Gasteiger partial charge in [-0.15, -0.1) is 0 Å². The Morgan fingerprint density at radius 3 is 2.53 bits per heavy atom. The number of hydrogen-bond acceptors (Lipinski definition) is 5. The zero-order chi connectivity index (χ0) is 21.3. The summed E-state index contributed by atoms with van der Waals surface area (Å²) in [5.74, 6) is 1.14. The van der Waals surface area contributed by atoms with Gasteiger partial charge in [0.25, 0.3) is 5.91 Å². The van der Waals surface area contributed by atoms with Gasteiger partial charge in [-0.1, -0.05) is 18.2 Å². The maximum Gasteiger partial charge on any atom is 0.253 e. The summed E-state index contributed by atoms with van der Waals surface area (Å²) in [7, 11) is 3.11. The highest BCUT2D eigenvalue weighted by Gasteiger charge is 2.12. The Kier molecular flexibility index (Phi) is 6.89. The third-order valence-electron chi connectivity index (χ3n) is 4.27. The highest BCUT2D eigenvalue weighted by Crippen LogP contribution is 2.28. The van der Waals surface area contributed by atoms with Crippen molar-refractivity contribution in [1.82, 2.24) is 5.32 Å². The number of para-hydroxylation sites is 1. The van der Waals surface area contributed by atoms with E-state index in [2.05, 4.69) is 10.6 Å². The maximum atomic E-state index is 12.5. The molecule has 30 heavy (non-hydrogen) atoms. The Labute approximate surface area is 174 Å². The topological polar surface area (TPSA) is 89.8 Å². The number of carbonyl (C=O) groups excluding carboxylic acids is 2. The molecule has 7 heteroatoms. The molecule has 0 aliphatic carbocycles. The zero-order valence-corrected chi connectivity index (χ0v) is 16.7. The molecule has 7 nitrogen and oxygen atoms in total. The lowest BCUT2D eigenvalue weighted by Crippen LogP contribution is -2.24. The Morgan fingerprint density at radius 1 is 1.00 bits per heavy atom. The van der Waals surface area contributed by atoms with E-state index in [1.54, 1.807) is 81.2 Å². The van der Waals surface area contributed by atoms with Crippen LogP contribution in [0.3, 0.4) is 0 Å². The molecular formula is C23H22N2O5. The summed E-state index contributed by atoms with van der Waals surface area (Å²) in [6.07, 6.45) is 4.58. The van der Waals surface area contributed by atoms with Crippen LogP contribution in [-0.2, 0) is 11.3 Å². The first-order valence-corrected chi connectivity index (χ1v) is 9.21. The van der Waals surface area contributed by atoms with Gasteiger partial charge in [-0.25, -0.2) is 0 Å². The summed E-state index contributed by atoms with van der Waals surface area (Å²) in [6.45, 7) is 0.257. The van der Waals surface area contributed by atoms with Gasteiger partial charge in [0.2, 0.25) is 5.91 Å². The van der Waals surface area contributed by atoms with Crippen LogP contribution in [0, 0.1) is 0 Å². The number of anilines is 1. The summed E-state index contributed by atoms with van der Waals surface area (Å²) in [5, 5.41) is 5.51. The number of ether oxygens (including phenoxy) is 2. The lowest BCUT2D eigenvalue weighted by Gasteiger charge is -2.10. The fourth-order valence-electron chi connectivity index (χ4n) is 2.77. The van der Waals surface area contributed by atoms with Crippen LogP contribution in [0.2, 0.25) is 0 Å². The van der Waals surface area contributed by atoms with Crippen molar-refractivity contribution in [2.24, 2.45) is 0 Å². The molecule has 0 atom stereocenters. The molecule has 3 rings (SSSR count). The van der Waals surface area contributed by atoms with Crippen LogP contribution in [0.1, 0.15) is 21.7 Å². The second-order valence-electron chi connectivity index (χ2n) is 6.24. The molecule has 0 saturated carbocycles. The van der Waals surface area contributed by atoms with Crippen LogP contribution in [-0.4, -0.2) is 26.0 Å². The van der Waals surface area contributed by atoms with E-state index in [-0.39, 0.29) is 18.4 Å². The number of furan rings is 1. The van der Waals surface area contributed by atoms with Crippen LogP contribution in [0.25, 0.3) is 6.08 Å². The fraction of sp³-hybridized carbons (Fsp3) is 0.130. The van der Waals surface area contributed by atoms with E-state index in [1.807, 2.05) is 0 Å². The number of rotatable bonds is 8. The molecule has 0 unspecified atom stereocenters. The van der Waals surface area contributed by atoms with E-state index < -0.39 is 0 Å². The molecule has 0 saturated heterocycles. The SMILES string of the molecule is COc1ccc(C=CC(=O)Nc2ccccc2C(=O)NCc2ccco2)cc1OC. The highest BCUT2D eigenvalue weighted by molar-refractivity contribution is 6.07. The van der Waals surface area contributed by atoms with Crippen molar-refractivity contribution in [3.63, 3.8) is 0 Å². The molecule has 0 bridgehead atoms. The van der Waals surface area contributed by atoms with Crippen LogP contribution in [0.4, 0.5) is 5.69 Å². The summed E-state index contributed by atoms with van der Waals surface area (Å²) >= 11 is 0. The summed E-state index contributed by atoms with van der Waals surface area (Å²) < 4.78 is 15.7. The molecule has 154 valence electrons. The molecule has 0 aliphatic rings. The first-order chi connectivity index (χ1) is 14.6. The van der Waals surface area contributed by atoms with Crippen molar-refractivity contribution in [3.05, 3.63) is 83.8 Å². The first kappa shape index (κ1) is 20.7. The van der Waals surface area contributed by atoms with Gasteiger partial charge in [-0.3, -0.25) is 9.59 Å². The van der Waals surface area contributed by atoms with Gasteiger partial charge in [0.1, 0.15) is 5.76 Å². The number of benzene rings is 2. The Morgan fingerprint density at radius 2 is 1.80 bits per heavy atom. The van der Waals surface area contributed by atoms with Gasteiger partial charge in [0.05, 0.1) is 38.3 Å². The minimum atomic E-state index is -0.365. The lowest BCUT2D eigenvalue weighted by molar-refractivity contribution is -0.111. The molecular weight excluding hydrogens is 384 g/mol. The van der Waals surface area contributed by atoms with Gasteiger partial charge in [-0.05, 0) is 48.0 Å². The molecule has 0 radical (unpaired) electrons. The van der Waals surface area contributed by atoms with E-state index in [4.69, 9.17) is 13.9 Å². The van der Waals surface area contributed by atoms with Crippen molar-refractivity contribution in [3.8, 4) is 11.5 Å². The van der Waals surface area contributed by atoms with E-state index in [0.29, 0.717) is 28.5 Å². The van der Waals surface area contributed by atoms with Gasteiger partial charge in [0.15, 0.2) is 11.5 Å². The average molecular weight is 406 g/mol. The number of carbonyl (C=O) groups is 2. The van der Waals surface area contributed by atoms with Crippen molar-refractivity contribution >= 4 is 23.6 Å². The van der Waals surface area contributed by atoms with E-state index in [9.17, 15) is 9.59 Å². The summed E-state index contributed by atoms with van der Waals surface area (Å²) in [6, 6.07) is 15.6. The van der Waals surface area contributed by atoms with Gasteiger partial charge < -0.3 is 24.5 Å². The number of amides is 2. The van der Waals surface area contributed by atoms with Gasteiger partial charge in [-0.2, -0.15) is 0 Å². The Bertz CT molecular complexity index is 1040. The molecule has 2 aromatic carbocycles. The smallest absolute Gasteiger partial charge is 0.253 e. The van der Waals surface area contributed by atoms with Crippen molar-refractivity contribution < 1.29 is 23.5 Å². The minimum absolute atomic E-state index is 0.257. The molecule has 0 fully saturated rings. The zero-order valence-electron chi connectivity index (χ0n) is 16.7. The van der Waals surface area contributed by atoms with Crippen LogP contribution in [0.5, 0.6) is 11.5 Å². The predicted molar refractivity (Wildman–Crippen MR) is 114 cm³/mol. The van der Waals surface area contributed by atoms with E-state index >= 15 is 0 Å². The predicted octanol–water partition coefficient (Wildman–Crippen LogP) is 3.88. The molecule has 0 aliphatic heterocycles. The summed E-state index contributed by atoms with van der Waals surface area (Å²) in [4.78, 5) is 24.9. The number of nitrogens with one attached hydrogen (secondary N) is 2. The van der Waals surface area contributed by atoms with Crippen LogP contribution >= 0.6 is 0 Å². The maximum absolute atomic E-state index is 12.5. The third kappa shape index (κ3) is 5.29. The molecule has 1 aromatic heterocycles. The van der Waals surface area contributed by atoms with Gasteiger partial charge >= 0.3 is 0 Å². The average Bonchev–Trinajstić information content (AvgIpc) is 3.30. The second kappa shape index (κ2) is 9.97. The Balaban J connectivity index is 1.66. The van der Waals surface area contributed by atoms with Crippen molar-refractivity contribution in [2.45, 2.75) is 6.54 Å². The largest absolute Gasteiger partial charge is 0.493 e.